The Morgan fingerprint density at radius 1 is 1.19 bits per heavy atom. The summed E-state index contributed by atoms with van der Waals surface area (Å²) < 4.78 is 1.01. The van der Waals surface area contributed by atoms with Gasteiger partial charge in [-0.05, 0) is 41.1 Å². The molecular weight excluding hydrogens is 264 g/mol. The first-order valence-corrected chi connectivity index (χ1v) is 6.04. The molecule has 82 valence electrons. The van der Waals surface area contributed by atoms with E-state index < -0.39 is 0 Å². The van der Waals surface area contributed by atoms with E-state index in [1.165, 1.54) is 5.69 Å². The van der Waals surface area contributed by atoms with Crippen LogP contribution in [0.15, 0.2) is 53.3 Å². The van der Waals surface area contributed by atoms with E-state index in [1.54, 1.807) is 0 Å². The van der Waals surface area contributed by atoms with Gasteiger partial charge in [-0.15, -0.1) is 0 Å². The highest BCUT2D eigenvalue weighted by Crippen LogP contribution is 2.30. The molecule has 16 heavy (non-hydrogen) atoms. The number of hydrogen-bond acceptors (Lipinski definition) is 2. The normalized spacial score (nSPS) is 10.1. The summed E-state index contributed by atoms with van der Waals surface area (Å²) in [7, 11) is 0. The van der Waals surface area contributed by atoms with Gasteiger partial charge in [-0.3, -0.25) is 4.98 Å². The third-order valence-electron chi connectivity index (χ3n) is 2.43. The molecule has 0 radical (unpaired) electrons. The summed E-state index contributed by atoms with van der Waals surface area (Å²) in [4.78, 5) is 6.32. The van der Waals surface area contributed by atoms with Gasteiger partial charge < -0.3 is 4.90 Å². The monoisotopic (exact) mass is 276 g/mol. The molecule has 0 saturated carbocycles. The number of anilines is 2. The summed E-state index contributed by atoms with van der Waals surface area (Å²) in [5, 5.41) is 0. The van der Waals surface area contributed by atoms with Gasteiger partial charge in [0.15, 0.2) is 0 Å². The van der Waals surface area contributed by atoms with Crippen molar-refractivity contribution in [1.82, 2.24) is 4.98 Å². The number of para-hydroxylation sites is 1. The Hall–Kier alpha value is -1.35. The van der Waals surface area contributed by atoms with Crippen molar-refractivity contribution in [2.24, 2.45) is 0 Å². The van der Waals surface area contributed by atoms with Gasteiger partial charge in [0.2, 0.25) is 0 Å². The number of aromatic nitrogens is 1. The average Bonchev–Trinajstić information content (AvgIpc) is 2.34. The maximum absolute atomic E-state index is 4.08. The van der Waals surface area contributed by atoms with Crippen LogP contribution in [0.2, 0.25) is 0 Å². The molecule has 1 aromatic carbocycles. The van der Waals surface area contributed by atoms with Crippen molar-refractivity contribution in [2.75, 3.05) is 11.4 Å². The topological polar surface area (TPSA) is 16.1 Å². The van der Waals surface area contributed by atoms with Crippen LogP contribution >= 0.6 is 15.9 Å². The van der Waals surface area contributed by atoms with Crippen molar-refractivity contribution in [3.05, 3.63) is 53.3 Å². The van der Waals surface area contributed by atoms with Crippen molar-refractivity contribution in [3.8, 4) is 0 Å². The molecule has 0 atom stereocenters. The summed E-state index contributed by atoms with van der Waals surface area (Å²) in [6.07, 6.45) is 3.63. The molecule has 2 nitrogen and oxygen atoms in total. The van der Waals surface area contributed by atoms with Crippen molar-refractivity contribution in [2.45, 2.75) is 6.92 Å². The van der Waals surface area contributed by atoms with Gasteiger partial charge in [0.25, 0.3) is 0 Å². The molecule has 0 aliphatic rings. The molecule has 1 aromatic heterocycles. The molecule has 0 N–H and O–H groups in total. The highest BCUT2D eigenvalue weighted by molar-refractivity contribution is 9.10. The molecule has 0 fully saturated rings. The smallest absolute Gasteiger partial charge is 0.0595 e. The summed E-state index contributed by atoms with van der Waals surface area (Å²) >= 11 is 3.53. The number of rotatable bonds is 3. The van der Waals surface area contributed by atoms with Crippen LogP contribution in [0.3, 0.4) is 0 Å². The third kappa shape index (κ3) is 2.25. The molecule has 1 heterocycles. The first kappa shape index (κ1) is 11.1. The van der Waals surface area contributed by atoms with Crippen LogP contribution in [0.1, 0.15) is 6.92 Å². The van der Waals surface area contributed by atoms with Crippen LogP contribution in [0.25, 0.3) is 0 Å². The van der Waals surface area contributed by atoms with Crippen LogP contribution < -0.4 is 4.90 Å². The van der Waals surface area contributed by atoms with E-state index in [0.717, 1.165) is 16.7 Å². The first-order valence-electron chi connectivity index (χ1n) is 5.25. The zero-order valence-corrected chi connectivity index (χ0v) is 10.7. The molecule has 0 amide bonds. The van der Waals surface area contributed by atoms with Gasteiger partial charge in [0.05, 0.1) is 10.2 Å². The zero-order valence-electron chi connectivity index (χ0n) is 9.10. The SMILES string of the molecule is CCN(c1ccccc1)c1ccncc1Br. The van der Waals surface area contributed by atoms with Crippen molar-refractivity contribution in [3.63, 3.8) is 0 Å². The lowest BCUT2D eigenvalue weighted by Gasteiger charge is -2.24. The second-order valence-electron chi connectivity index (χ2n) is 3.41. The maximum Gasteiger partial charge on any atom is 0.0595 e. The minimum atomic E-state index is 0.923. The maximum atomic E-state index is 4.08. The van der Waals surface area contributed by atoms with Crippen LogP contribution in [0, 0.1) is 0 Å². The predicted molar refractivity (Wildman–Crippen MR) is 71.1 cm³/mol. The van der Waals surface area contributed by atoms with E-state index in [1.807, 2.05) is 36.7 Å². The van der Waals surface area contributed by atoms with Crippen LogP contribution in [0.5, 0.6) is 0 Å². The second kappa shape index (κ2) is 5.12. The largest absolute Gasteiger partial charge is 0.341 e. The average molecular weight is 277 g/mol. The Kier molecular flexibility index (Phi) is 3.57. The fourth-order valence-electron chi connectivity index (χ4n) is 1.69. The van der Waals surface area contributed by atoms with Crippen molar-refractivity contribution < 1.29 is 0 Å². The number of benzene rings is 1. The Bertz CT molecular complexity index is 456. The molecular formula is C13H13BrN2. The molecule has 0 unspecified atom stereocenters. The highest BCUT2D eigenvalue weighted by Gasteiger charge is 2.09. The lowest BCUT2D eigenvalue weighted by Crippen LogP contribution is -2.16. The summed E-state index contributed by atoms with van der Waals surface area (Å²) in [6.45, 7) is 3.06. The van der Waals surface area contributed by atoms with E-state index in [2.05, 4.69) is 44.9 Å². The van der Waals surface area contributed by atoms with E-state index in [0.29, 0.717) is 0 Å². The van der Waals surface area contributed by atoms with E-state index >= 15 is 0 Å². The molecule has 2 aromatic rings. The van der Waals surface area contributed by atoms with Gasteiger partial charge in [-0.2, -0.15) is 0 Å². The van der Waals surface area contributed by atoms with Gasteiger partial charge in [-0.25, -0.2) is 0 Å². The standard InChI is InChI=1S/C13H13BrN2/c1-2-16(11-6-4-3-5-7-11)13-8-9-15-10-12(13)14/h3-10H,2H2,1H3. The fraction of sp³-hybridized carbons (Fsp3) is 0.154. The second-order valence-corrected chi connectivity index (χ2v) is 4.26. The van der Waals surface area contributed by atoms with Crippen molar-refractivity contribution in [1.29, 1.82) is 0 Å². The van der Waals surface area contributed by atoms with Crippen LogP contribution in [-0.4, -0.2) is 11.5 Å². The van der Waals surface area contributed by atoms with E-state index in [9.17, 15) is 0 Å². The number of halogens is 1. The van der Waals surface area contributed by atoms with Gasteiger partial charge in [0, 0.05) is 24.6 Å². The Morgan fingerprint density at radius 2 is 1.94 bits per heavy atom. The van der Waals surface area contributed by atoms with Gasteiger partial charge in [-0.1, -0.05) is 18.2 Å². The van der Waals surface area contributed by atoms with E-state index in [-0.39, 0.29) is 0 Å². The quantitative estimate of drug-likeness (QED) is 0.842. The lowest BCUT2D eigenvalue weighted by atomic mass is 10.2. The zero-order chi connectivity index (χ0) is 11.4. The first-order chi connectivity index (χ1) is 7.83. The molecule has 0 aliphatic carbocycles. The Labute approximate surface area is 104 Å². The Balaban J connectivity index is 2.41. The summed E-state index contributed by atoms with van der Waals surface area (Å²) in [6, 6.07) is 12.4. The third-order valence-corrected chi connectivity index (χ3v) is 3.04. The fourth-order valence-corrected chi connectivity index (χ4v) is 2.15. The predicted octanol–water partition coefficient (Wildman–Crippen LogP) is 4.00. The molecule has 0 saturated heterocycles. The van der Waals surface area contributed by atoms with E-state index in [4.69, 9.17) is 0 Å². The minimum Gasteiger partial charge on any atom is -0.341 e. The number of pyridine rings is 1. The summed E-state index contributed by atoms with van der Waals surface area (Å²) in [5.41, 5.74) is 2.33. The molecule has 0 aliphatic heterocycles. The van der Waals surface area contributed by atoms with Crippen LogP contribution in [-0.2, 0) is 0 Å². The Morgan fingerprint density at radius 3 is 2.56 bits per heavy atom. The lowest BCUT2D eigenvalue weighted by molar-refractivity contribution is 1.01. The minimum absolute atomic E-state index is 0.923. The molecule has 2 rings (SSSR count). The van der Waals surface area contributed by atoms with Crippen LogP contribution in [0.4, 0.5) is 11.4 Å². The number of hydrogen-bond donors (Lipinski definition) is 0. The molecule has 0 bridgehead atoms. The van der Waals surface area contributed by atoms with Crippen molar-refractivity contribution >= 4 is 27.3 Å². The highest BCUT2D eigenvalue weighted by atomic mass is 79.9. The van der Waals surface area contributed by atoms with Gasteiger partial charge in [0.1, 0.15) is 0 Å². The number of nitrogens with zero attached hydrogens (tertiary/aromatic N) is 2. The molecule has 0 spiro atoms. The summed E-state index contributed by atoms with van der Waals surface area (Å²) in [5.74, 6) is 0. The van der Waals surface area contributed by atoms with Gasteiger partial charge >= 0.3 is 0 Å². The molecule has 3 heteroatoms.